The highest BCUT2D eigenvalue weighted by atomic mass is 32.1. The number of imide groups is 1. The molecule has 2 heterocycles. The van der Waals surface area contributed by atoms with E-state index in [1.807, 2.05) is 19.2 Å². The molecule has 3 atom stereocenters. The Morgan fingerprint density at radius 1 is 1.12 bits per heavy atom. The molecule has 1 fully saturated rings. The van der Waals surface area contributed by atoms with E-state index >= 15 is 0 Å². The summed E-state index contributed by atoms with van der Waals surface area (Å²) in [6.07, 6.45) is 4.18. The van der Waals surface area contributed by atoms with Crippen molar-refractivity contribution in [3.63, 3.8) is 0 Å². The van der Waals surface area contributed by atoms with Crippen molar-refractivity contribution in [2.45, 2.75) is 52.9 Å². The Hall–Kier alpha value is -1.95. The molecule has 1 aromatic rings. The van der Waals surface area contributed by atoms with Crippen molar-refractivity contribution in [1.82, 2.24) is 10.4 Å². The number of thiophene rings is 1. The third kappa shape index (κ3) is 2.71. The number of hydrogen-bond donors (Lipinski definition) is 1. The summed E-state index contributed by atoms with van der Waals surface area (Å²) in [5, 5.41) is 2.85. The molecule has 0 bridgehead atoms. The zero-order chi connectivity index (χ0) is 18.6. The van der Waals surface area contributed by atoms with E-state index < -0.39 is 0 Å². The molecule has 1 aromatic heterocycles. The van der Waals surface area contributed by atoms with Gasteiger partial charge >= 0.3 is 0 Å². The van der Waals surface area contributed by atoms with Crippen LogP contribution in [-0.4, -0.2) is 22.7 Å². The maximum absolute atomic E-state index is 12.8. The summed E-state index contributed by atoms with van der Waals surface area (Å²) >= 11 is 1.61. The van der Waals surface area contributed by atoms with Gasteiger partial charge in [-0.3, -0.25) is 19.8 Å². The van der Waals surface area contributed by atoms with Crippen molar-refractivity contribution >= 4 is 29.1 Å². The van der Waals surface area contributed by atoms with Gasteiger partial charge in [0.1, 0.15) is 0 Å². The summed E-state index contributed by atoms with van der Waals surface area (Å²) < 4.78 is 0. The Kier molecular flexibility index (Phi) is 4.26. The highest BCUT2D eigenvalue weighted by Gasteiger charge is 2.50. The van der Waals surface area contributed by atoms with Gasteiger partial charge < -0.3 is 0 Å². The number of carbonyl (C=O) groups is 3. The van der Waals surface area contributed by atoms with Crippen LogP contribution in [-0.2, 0) is 22.4 Å². The lowest BCUT2D eigenvalue weighted by Crippen LogP contribution is -2.46. The van der Waals surface area contributed by atoms with E-state index in [1.54, 1.807) is 11.3 Å². The van der Waals surface area contributed by atoms with Crippen LogP contribution in [0.25, 0.3) is 0 Å². The molecule has 0 radical (unpaired) electrons. The minimum Gasteiger partial charge on any atom is -0.272 e. The molecule has 3 amide bonds. The summed E-state index contributed by atoms with van der Waals surface area (Å²) in [5.41, 5.74) is 6.69. The van der Waals surface area contributed by atoms with Gasteiger partial charge in [0, 0.05) is 10.3 Å². The molecule has 1 saturated heterocycles. The van der Waals surface area contributed by atoms with Crippen LogP contribution >= 0.6 is 11.3 Å². The summed E-state index contributed by atoms with van der Waals surface area (Å²) in [6.45, 7) is 6.26. The number of carbonyl (C=O) groups excluding carboxylic acids is 3. The second kappa shape index (κ2) is 6.34. The summed E-state index contributed by atoms with van der Waals surface area (Å²) in [7, 11) is 0. The number of fused-ring (bicyclic) bond motifs is 2. The first kappa shape index (κ1) is 17.5. The van der Waals surface area contributed by atoms with Gasteiger partial charge in [-0.25, -0.2) is 0 Å². The van der Waals surface area contributed by atoms with Crippen molar-refractivity contribution in [2.75, 3.05) is 0 Å². The van der Waals surface area contributed by atoms with Gasteiger partial charge in [-0.05, 0) is 57.4 Å². The molecular formula is C20H24N2O3S. The number of hydrazine groups is 1. The van der Waals surface area contributed by atoms with E-state index in [1.165, 1.54) is 16.0 Å². The second-order valence-electron chi connectivity index (χ2n) is 8.03. The molecule has 0 saturated carbocycles. The molecule has 2 aliphatic carbocycles. The Morgan fingerprint density at radius 2 is 1.73 bits per heavy atom. The van der Waals surface area contributed by atoms with Crippen molar-refractivity contribution in [1.29, 1.82) is 0 Å². The van der Waals surface area contributed by atoms with Crippen molar-refractivity contribution in [2.24, 2.45) is 17.8 Å². The maximum atomic E-state index is 12.8. The Balaban J connectivity index is 1.53. The number of rotatable bonds is 2. The summed E-state index contributed by atoms with van der Waals surface area (Å²) in [6, 6.07) is 0. The van der Waals surface area contributed by atoms with Crippen LogP contribution in [0.3, 0.4) is 0 Å². The second-order valence-corrected chi connectivity index (χ2v) is 9.00. The lowest BCUT2D eigenvalue weighted by molar-refractivity contribution is -0.142. The molecule has 138 valence electrons. The minimum atomic E-state index is -0.334. The topological polar surface area (TPSA) is 66.5 Å². The predicted molar refractivity (Wildman–Crippen MR) is 99.4 cm³/mol. The minimum absolute atomic E-state index is 0.266. The maximum Gasteiger partial charge on any atom is 0.271 e. The van der Waals surface area contributed by atoms with Crippen molar-refractivity contribution in [3.8, 4) is 0 Å². The van der Waals surface area contributed by atoms with Crippen molar-refractivity contribution < 1.29 is 14.4 Å². The third-order valence-electron chi connectivity index (χ3n) is 6.20. The summed E-state index contributed by atoms with van der Waals surface area (Å²) in [4.78, 5) is 39.5. The van der Waals surface area contributed by atoms with Crippen LogP contribution in [0.4, 0.5) is 0 Å². The fourth-order valence-corrected chi connectivity index (χ4v) is 5.64. The van der Waals surface area contributed by atoms with Gasteiger partial charge in [0.2, 0.25) is 0 Å². The molecule has 4 rings (SSSR count). The van der Waals surface area contributed by atoms with Gasteiger partial charge in [0.05, 0.1) is 17.4 Å². The van der Waals surface area contributed by atoms with E-state index in [0.29, 0.717) is 24.3 Å². The molecule has 1 aliphatic heterocycles. The van der Waals surface area contributed by atoms with Gasteiger partial charge in [0.25, 0.3) is 17.7 Å². The molecular weight excluding hydrogens is 348 g/mol. The largest absolute Gasteiger partial charge is 0.272 e. The van der Waals surface area contributed by atoms with Crippen LogP contribution in [0.1, 0.15) is 60.8 Å². The molecule has 6 heteroatoms. The Morgan fingerprint density at radius 3 is 2.35 bits per heavy atom. The molecule has 5 nitrogen and oxygen atoms in total. The van der Waals surface area contributed by atoms with Crippen LogP contribution in [0, 0.1) is 17.8 Å². The normalized spacial score (nSPS) is 28.3. The van der Waals surface area contributed by atoms with Crippen LogP contribution in [0.15, 0.2) is 16.5 Å². The Labute approximate surface area is 157 Å². The highest BCUT2D eigenvalue weighted by molar-refractivity contribution is 7.10. The van der Waals surface area contributed by atoms with Crippen LogP contribution in [0.2, 0.25) is 0 Å². The highest BCUT2D eigenvalue weighted by Crippen LogP contribution is 2.40. The summed E-state index contributed by atoms with van der Waals surface area (Å²) in [5.74, 6) is -0.886. The van der Waals surface area contributed by atoms with E-state index in [-0.39, 0.29) is 29.6 Å². The standard InChI is InChI=1S/C20H24N2O3S/c1-10-4-5-13-16(9-26-17(13)6-10)18(23)21-22-19(24)14-7-11(2)12(3)8-15(14)20(22)25/h9-10,14-15H,4-8H2,1-3H3,(H,21,23)/t10-,14-,15-/m1/s1. The molecule has 0 spiro atoms. The van der Waals surface area contributed by atoms with Gasteiger partial charge in [-0.15, -0.1) is 11.3 Å². The fourth-order valence-electron chi connectivity index (χ4n) is 4.39. The number of amides is 3. The molecule has 26 heavy (non-hydrogen) atoms. The quantitative estimate of drug-likeness (QED) is 0.640. The average Bonchev–Trinajstić information content (AvgIpc) is 3.11. The molecule has 3 aliphatic rings. The first-order chi connectivity index (χ1) is 12.4. The fraction of sp³-hybridized carbons (Fsp3) is 0.550. The van der Waals surface area contributed by atoms with Gasteiger partial charge in [0.15, 0.2) is 0 Å². The first-order valence-corrected chi connectivity index (χ1v) is 10.2. The van der Waals surface area contributed by atoms with Crippen molar-refractivity contribution in [3.05, 3.63) is 32.5 Å². The lowest BCUT2D eigenvalue weighted by atomic mass is 9.78. The number of nitrogens with zero attached hydrogens (tertiary/aromatic N) is 1. The molecule has 1 N–H and O–H groups in total. The third-order valence-corrected chi connectivity index (χ3v) is 7.25. The zero-order valence-electron chi connectivity index (χ0n) is 15.4. The van der Waals surface area contributed by atoms with E-state index in [0.717, 1.165) is 29.8 Å². The van der Waals surface area contributed by atoms with Crippen LogP contribution < -0.4 is 5.43 Å². The first-order valence-electron chi connectivity index (χ1n) is 9.30. The lowest BCUT2D eigenvalue weighted by Gasteiger charge is -2.23. The molecule has 0 aromatic carbocycles. The number of hydrogen-bond acceptors (Lipinski definition) is 4. The molecule has 0 unspecified atom stereocenters. The Bertz CT molecular complexity index is 806. The van der Waals surface area contributed by atoms with E-state index in [9.17, 15) is 14.4 Å². The number of allylic oxidation sites excluding steroid dienone is 2. The van der Waals surface area contributed by atoms with Crippen LogP contribution in [0.5, 0.6) is 0 Å². The SMILES string of the molecule is CC1=C(C)C[C@H]2C(=O)N(NC(=O)c3csc4c3CC[C@@H](C)C4)C(=O)[C@@H]2C1. The van der Waals surface area contributed by atoms with E-state index in [2.05, 4.69) is 12.3 Å². The number of nitrogens with one attached hydrogen (secondary N) is 1. The predicted octanol–water partition coefficient (Wildman–Crippen LogP) is 3.25. The zero-order valence-corrected chi connectivity index (χ0v) is 16.2. The van der Waals surface area contributed by atoms with Gasteiger partial charge in [-0.1, -0.05) is 18.1 Å². The van der Waals surface area contributed by atoms with E-state index in [4.69, 9.17) is 0 Å². The van der Waals surface area contributed by atoms with Gasteiger partial charge in [-0.2, -0.15) is 5.01 Å². The monoisotopic (exact) mass is 372 g/mol. The average molecular weight is 372 g/mol. The smallest absolute Gasteiger partial charge is 0.271 e.